The number of nitrogens with one attached hydrogen (secondary N) is 1. The fourth-order valence-corrected chi connectivity index (χ4v) is 1.25. The van der Waals surface area contributed by atoms with Gasteiger partial charge in [0.2, 0.25) is 5.91 Å². The van der Waals surface area contributed by atoms with Gasteiger partial charge in [-0.2, -0.15) is 12.6 Å². The summed E-state index contributed by atoms with van der Waals surface area (Å²) in [5.41, 5.74) is 1.89. The van der Waals surface area contributed by atoms with E-state index in [9.17, 15) is 4.79 Å². The summed E-state index contributed by atoms with van der Waals surface area (Å²) in [5.74, 6) is 0.584. The Balaban J connectivity index is 0.000000791. The minimum atomic E-state index is -0.0516. The largest absolute Gasteiger partial charge is 0.326 e. The maximum atomic E-state index is 10.7. The first-order valence-corrected chi connectivity index (χ1v) is 5.33. The Labute approximate surface area is 91.1 Å². The van der Waals surface area contributed by atoms with E-state index in [-0.39, 0.29) is 5.91 Å². The second-order valence-corrected chi connectivity index (χ2v) is 2.81. The number of thiol groups is 1. The third-order valence-corrected chi connectivity index (χ3v) is 1.84. The molecule has 0 radical (unpaired) electrons. The number of para-hydroxylation sites is 1. The van der Waals surface area contributed by atoms with Crippen LogP contribution in [0, 0.1) is 0 Å². The highest BCUT2D eigenvalue weighted by atomic mass is 32.1. The Morgan fingerprint density at radius 1 is 1.36 bits per heavy atom. The number of amides is 1. The van der Waals surface area contributed by atoms with E-state index < -0.39 is 0 Å². The molecule has 3 heteroatoms. The standard InChI is InChI=1S/C9H11NOS.C2H6/c1-7(11)10-9-5-3-2-4-8(9)6-12;1-2/h2-5,12H,6H2,1H3,(H,10,11);1-2H3. The number of carbonyl (C=O) groups is 1. The SMILES string of the molecule is CC.CC(=O)Nc1ccccc1CS. The molecule has 1 aromatic rings. The number of hydrogen-bond donors (Lipinski definition) is 2. The molecule has 1 aromatic carbocycles. The van der Waals surface area contributed by atoms with E-state index in [2.05, 4.69) is 17.9 Å². The molecule has 0 aliphatic heterocycles. The summed E-state index contributed by atoms with van der Waals surface area (Å²) in [6, 6.07) is 7.63. The molecule has 0 heterocycles. The molecule has 0 aromatic heterocycles. The summed E-state index contributed by atoms with van der Waals surface area (Å²) >= 11 is 4.15. The molecule has 1 amide bonds. The van der Waals surface area contributed by atoms with Crippen molar-refractivity contribution in [2.24, 2.45) is 0 Å². The lowest BCUT2D eigenvalue weighted by Crippen LogP contribution is -2.07. The van der Waals surface area contributed by atoms with Gasteiger partial charge >= 0.3 is 0 Å². The minimum Gasteiger partial charge on any atom is -0.326 e. The van der Waals surface area contributed by atoms with Gasteiger partial charge in [0.05, 0.1) is 0 Å². The molecule has 1 N–H and O–H groups in total. The molecule has 78 valence electrons. The maximum absolute atomic E-state index is 10.7. The van der Waals surface area contributed by atoms with Crippen LogP contribution in [-0.2, 0) is 10.5 Å². The molecule has 14 heavy (non-hydrogen) atoms. The lowest BCUT2D eigenvalue weighted by atomic mass is 10.2. The first-order valence-electron chi connectivity index (χ1n) is 4.70. The highest BCUT2D eigenvalue weighted by molar-refractivity contribution is 7.79. The summed E-state index contributed by atoms with van der Waals surface area (Å²) in [5, 5.41) is 2.74. The van der Waals surface area contributed by atoms with Crippen molar-refractivity contribution in [3.8, 4) is 0 Å². The summed E-state index contributed by atoms with van der Waals surface area (Å²) in [7, 11) is 0. The van der Waals surface area contributed by atoms with Crippen LogP contribution in [0.5, 0.6) is 0 Å². The van der Waals surface area contributed by atoms with Gasteiger partial charge in [-0.05, 0) is 11.6 Å². The number of anilines is 1. The molecule has 0 spiro atoms. The average Bonchev–Trinajstić information content (AvgIpc) is 2.21. The van der Waals surface area contributed by atoms with E-state index in [1.165, 1.54) is 6.92 Å². The molecule has 0 aliphatic carbocycles. The molecule has 0 aliphatic rings. The molecule has 0 saturated carbocycles. The van der Waals surface area contributed by atoms with Crippen LogP contribution >= 0.6 is 12.6 Å². The topological polar surface area (TPSA) is 29.1 Å². The highest BCUT2D eigenvalue weighted by Gasteiger charge is 1.99. The van der Waals surface area contributed by atoms with Gasteiger partial charge in [-0.15, -0.1) is 0 Å². The van der Waals surface area contributed by atoms with Crippen molar-refractivity contribution in [1.29, 1.82) is 0 Å². The molecule has 0 atom stereocenters. The normalized spacial score (nSPS) is 8.57. The Morgan fingerprint density at radius 2 is 1.93 bits per heavy atom. The second-order valence-electron chi connectivity index (χ2n) is 2.50. The Morgan fingerprint density at radius 3 is 2.43 bits per heavy atom. The summed E-state index contributed by atoms with van der Waals surface area (Å²) < 4.78 is 0. The maximum Gasteiger partial charge on any atom is 0.221 e. The second kappa shape index (κ2) is 7.44. The zero-order chi connectivity index (χ0) is 11.0. The number of rotatable bonds is 2. The fraction of sp³-hybridized carbons (Fsp3) is 0.364. The molecule has 0 unspecified atom stereocenters. The summed E-state index contributed by atoms with van der Waals surface area (Å²) in [6.07, 6.45) is 0. The molecular weight excluding hydrogens is 194 g/mol. The summed E-state index contributed by atoms with van der Waals surface area (Å²) in [4.78, 5) is 10.7. The Bertz CT molecular complexity index is 286. The predicted molar refractivity (Wildman–Crippen MR) is 64.8 cm³/mol. The predicted octanol–water partition coefficient (Wildman–Crippen LogP) is 3.10. The van der Waals surface area contributed by atoms with Crippen LogP contribution in [0.25, 0.3) is 0 Å². The zero-order valence-corrected chi connectivity index (χ0v) is 9.77. The van der Waals surface area contributed by atoms with Gasteiger partial charge in [0.1, 0.15) is 0 Å². The average molecular weight is 211 g/mol. The van der Waals surface area contributed by atoms with Crippen LogP contribution in [0.1, 0.15) is 26.3 Å². The first-order chi connectivity index (χ1) is 6.74. The van der Waals surface area contributed by atoms with Crippen LogP contribution in [-0.4, -0.2) is 5.91 Å². The first kappa shape index (κ1) is 13.0. The van der Waals surface area contributed by atoms with E-state index in [1.54, 1.807) is 0 Å². The van der Waals surface area contributed by atoms with Crippen molar-refractivity contribution in [3.63, 3.8) is 0 Å². The van der Waals surface area contributed by atoms with Crippen LogP contribution in [0.3, 0.4) is 0 Å². The number of hydrogen-bond acceptors (Lipinski definition) is 2. The van der Waals surface area contributed by atoms with Gasteiger partial charge in [0, 0.05) is 18.4 Å². The monoisotopic (exact) mass is 211 g/mol. The van der Waals surface area contributed by atoms with Crippen LogP contribution in [0.4, 0.5) is 5.69 Å². The van der Waals surface area contributed by atoms with Crippen molar-refractivity contribution in [3.05, 3.63) is 29.8 Å². The van der Waals surface area contributed by atoms with Crippen LogP contribution < -0.4 is 5.32 Å². The minimum absolute atomic E-state index is 0.0516. The van der Waals surface area contributed by atoms with Crippen LogP contribution in [0.2, 0.25) is 0 Å². The molecule has 2 nitrogen and oxygen atoms in total. The molecule has 1 rings (SSSR count). The van der Waals surface area contributed by atoms with Crippen molar-refractivity contribution in [2.75, 3.05) is 5.32 Å². The molecular formula is C11H17NOS. The lowest BCUT2D eigenvalue weighted by Gasteiger charge is -2.06. The van der Waals surface area contributed by atoms with Crippen molar-refractivity contribution < 1.29 is 4.79 Å². The lowest BCUT2D eigenvalue weighted by molar-refractivity contribution is -0.114. The van der Waals surface area contributed by atoms with E-state index in [4.69, 9.17) is 0 Å². The number of carbonyl (C=O) groups excluding carboxylic acids is 1. The van der Waals surface area contributed by atoms with Gasteiger partial charge in [-0.3, -0.25) is 4.79 Å². The number of benzene rings is 1. The Hall–Kier alpha value is -0.960. The molecule has 0 fully saturated rings. The van der Waals surface area contributed by atoms with E-state index in [0.717, 1.165) is 11.3 Å². The van der Waals surface area contributed by atoms with Gasteiger partial charge < -0.3 is 5.32 Å². The van der Waals surface area contributed by atoms with Crippen molar-refractivity contribution >= 4 is 24.2 Å². The van der Waals surface area contributed by atoms with Crippen molar-refractivity contribution in [1.82, 2.24) is 0 Å². The van der Waals surface area contributed by atoms with Gasteiger partial charge in [-0.1, -0.05) is 32.0 Å². The van der Waals surface area contributed by atoms with E-state index >= 15 is 0 Å². The third kappa shape index (κ3) is 4.33. The molecule has 0 bridgehead atoms. The quantitative estimate of drug-likeness (QED) is 0.723. The third-order valence-electron chi connectivity index (χ3n) is 1.50. The highest BCUT2D eigenvalue weighted by Crippen LogP contribution is 2.16. The van der Waals surface area contributed by atoms with E-state index in [1.807, 2.05) is 38.1 Å². The fourth-order valence-electron chi connectivity index (χ4n) is 0.970. The van der Waals surface area contributed by atoms with Crippen molar-refractivity contribution in [2.45, 2.75) is 26.5 Å². The Kier molecular flexibility index (Phi) is 6.93. The van der Waals surface area contributed by atoms with Gasteiger partial charge in [0.25, 0.3) is 0 Å². The van der Waals surface area contributed by atoms with Gasteiger partial charge in [0.15, 0.2) is 0 Å². The van der Waals surface area contributed by atoms with Gasteiger partial charge in [-0.25, -0.2) is 0 Å². The van der Waals surface area contributed by atoms with Crippen LogP contribution in [0.15, 0.2) is 24.3 Å². The van der Waals surface area contributed by atoms with E-state index in [0.29, 0.717) is 5.75 Å². The molecule has 0 saturated heterocycles. The zero-order valence-electron chi connectivity index (χ0n) is 8.87. The smallest absolute Gasteiger partial charge is 0.221 e. The summed E-state index contributed by atoms with van der Waals surface area (Å²) in [6.45, 7) is 5.50.